The van der Waals surface area contributed by atoms with Crippen molar-refractivity contribution in [2.45, 2.75) is 77.0 Å². The molecule has 0 radical (unpaired) electrons. The molecule has 0 aromatic heterocycles. The van der Waals surface area contributed by atoms with E-state index in [1.807, 2.05) is 0 Å². The van der Waals surface area contributed by atoms with Gasteiger partial charge in [0.05, 0.1) is 0 Å². The lowest BCUT2D eigenvalue weighted by Crippen LogP contribution is -2.32. The molecule has 0 bridgehead atoms. The minimum absolute atomic E-state index is 0. The smallest absolute Gasteiger partial charge is 0.410 e. The zero-order valence-electron chi connectivity index (χ0n) is 22.3. The fourth-order valence-electron chi connectivity index (χ4n) is 3.66. The van der Waals surface area contributed by atoms with E-state index in [1.54, 1.807) is 0 Å². The number of benzene rings is 2. The van der Waals surface area contributed by atoms with Crippen molar-refractivity contribution in [3.05, 3.63) is 60.2 Å². The number of ether oxygens (including phenoxy) is 2. The maximum Gasteiger partial charge on any atom is 0.418 e. The van der Waals surface area contributed by atoms with Crippen molar-refractivity contribution in [2.75, 3.05) is 0 Å². The third-order valence-electron chi connectivity index (χ3n) is 5.66. The summed E-state index contributed by atoms with van der Waals surface area (Å²) < 4.78 is 35.7. The predicted octanol–water partition coefficient (Wildman–Crippen LogP) is 8.32. The van der Waals surface area contributed by atoms with Crippen LogP contribution in [0.1, 0.15) is 77.0 Å². The van der Waals surface area contributed by atoms with Crippen molar-refractivity contribution in [1.29, 1.82) is 10.8 Å². The van der Waals surface area contributed by atoms with Crippen molar-refractivity contribution in [2.24, 2.45) is 0 Å². The molecule has 4 N–H and O–H groups in total. The van der Waals surface area contributed by atoms with Gasteiger partial charge in [-0.3, -0.25) is 21.5 Å². The fraction of sp³-hybridized carbons (Fsp3) is 0.429. The van der Waals surface area contributed by atoms with Crippen LogP contribution in [0.5, 0.6) is 11.5 Å². The molecule has 0 saturated heterocycles. The normalized spacial score (nSPS) is 9.95. The third-order valence-corrected chi connectivity index (χ3v) is 5.66. The van der Waals surface area contributed by atoms with Crippen LogP contribution in [0.15, 0.2) is 48.5 Å². The zero-order chi connectivity index (χ0) is 27.6. The highest BCUT2D eigenvalue weighted by Gasteiger charge is 2.08. The summed E-state index contributed by atoms with van der Waals surface area (Å²) in [6.07, 6.45) is 9.70. The minimum Gasteiger partial charge on any atom is -0.410 e. The summed E-state index contributed by atoms with van der Waals surface area (Å²) in [5.41, 5.74) is 0. The molecular weight excluding hydrogens is 565 g/mol. The van der Waals surface area contributed by atoms with E-state index in [0.29, 0.717) is 12.8 Å². The van der Waals surface area contributed by atoms with Crippen LogP contribution in [0, 0.1) is 22.5 Å². The highest BCUT2D eigenvalue weighted by atomic mass is 35.5. The van der Waals surface area contributed by atoms with E-state index < -0.39 is 23.8 Å². The maximum atomic E-state index is 12.9. The van der Waals surface area contributed by atoms with Gasteiger partial charge in [0.2, 0.25) is 0 Å². The van der Waals surface area contributed by atoms with Gasteiger partial charge < -0.3 is 9.47 Å². The van der Waals surface area contributed by atoms with Gasteiger partial charge in [-0.15, -0.1) is 24.8 Å². The van der Waals surface area contributed by atoms with Crippen LogP contribution in [-0.2, 0) is 0 Å². The van der Waals surface area contributed by atoms with Gasteiger partial charge in [-0.05, 0) is 61.4 Å². The number of carbonyl (C=O) groups is 2. The standard InChI is InChI=1S/C28H36F2N4O4.2ClH/c29-21-13-17-23(18-14-21)37-27(35)33-25(31)11-9-7-5-3-1-2-4-6-8-10-12-26(32)34-28(36)38-24-19-15-22(30)16-20-24;;/h13-20H,1-12H2,(H2,31,33,35)(H2,32,34,36);2*1H. The Labute approximate surface area is 246 Å². The summed E-state index contributed by atoms with van der Waals surface area (Å²) in [6, 6.07) is 10.2. The molecule has 0 spiro atoms. The zero-order valence-corrected chi connectivity index (χ0v) is 23.9. The van der Waals surface area contributed by atoms with Gasteiger partial charge >= 0.3 is 12.2 Å². The van der Waals surface area contributed by atoms with Crippen molar-refractivity contribution < 1.29 is 27.8 Å². The largest absolute Gasteiger partial charge is 0.418 e. The number of amides is 2. The highest BCUT2D eigenvalue weighted by molar-refractivity contribution is 5.94. The Morgan fingerprint density at radius 3 is 1.12 bits per heavy atom. The molecule has 0 unspecified atom stereocenters. The van der Waals surface area contributed by atoms with Crippen LogP contribution in [0.3, 0.4) is 0 Å². The molecule has 0 atom stereocenters. The Balaban J connectivity index is 0.00000760. The molecule has 0 saturated carbocycles. The van der Waals surface area contributed by atoms with Gasteiger partial charge in [-0.25, -0.2) is 18.4 Å². The Bertz CT molecular complexity index is 958. The second kappa shape index (κ2) is 21.6. The summed E-state index contributed by atoms with van der Waals surface area (Å²) >= 11 is 0. The number of hydrogen-bond acceptors (Lipinski definition) is 6. The Morgan fingerprint density at radius 2 is 0.825 bits per heavy atom. The van der Waals surface area contributed by atoms with Gasteiger partial charge in [-0.1, -0.05) is 51.4 Å². The predicted molar refractivity (Wildman–Crippen MR) is 156 cm³/mol. The van der Waals surface area contributed by atoms with Crippen LogP contribution >= 0.6 is 24.8 Å². The number of hydrogen-bond donors (Lipinski definition) is 4. The number of unbranched alkanes of at least 4 members (excludes halogenated alkanes) is 9. The van der Waals surface area contributed by atoms with Gasteiger partial charge in [0.15, 0.2) is 0 Å². The van der Waals surface area contributed by atoms with Crippen molar-refractivity contribution >= 4 is 48.7 Å². The molecule has 0 aliphatic carbocycles. The van der Waals surface area contributed by atoms with Crippen LogP contribution in [0.4, 0.5) is 18.4 Å². The summed E-state index contributed by atoms with van der Waals surface area (Å²) in [6.45, 7) is 0. The topological polar surface area (TPSA) is 124 Å². The number of nitrogens with one attached hydrogen (secondary N) is 4. The van der Waals surface area contributed by atoms with E-state index >= 15 is 0 Å². The summed E-state index contributed by atoms with van der Waals surface area (Å²) in [5, 5.41) is 20.4. The van der Waals surface area contributed by atoms with Gasteiger partial charge in [-0.2, -0.15) is 0 Å². The van der Waals surface area contributed by atoms with Gasteiger partial charge in [0.1, 0.15) is 34.8 Å². The Hall–Kier alpha value is -3.24. The molecular formula is C28H38Cl2F2N4O4. The van der Waals surface area contributed by atoms with Crippen LogP contribution < -0.4 is 20.1 Å². The lowest BCUT2D eigenvalue weighted by Gasteiger charge is -2.08. The molecule has 2 aromatic carbocycles. The first-order valence-electron chi connectivity index (χ1n) is 13.0. The lowest BCUT2D eigenvalue weighted by atomic mass is 10.0. The Kier molecular flexibility index (Phi) is 19.8. The first-order chi connectivity index (χ1) is 18.3. The first-order valence-corrected chi connectivity index (χ1v) is 13.0. The molecule has 222 valence electrons. The lowest BCUT2D eigenvalue weighted by molar-refractivity contribution is 0.204. The molecule has 0 fully saturated rings. The van der Waals surface area contributed by atoms with Crippen LogP contribution in [0.2, 0.25) is 0 Å². The second-order valence-electron chi connectivity index (χ2n) is 8.93. The molecule has 2 amide bonds. The van der Waals surface area contributed by atoms with Crippen LogP contribution in [-0.4, -0.2) is 23.9 Å². The summed E-state index contributed by atoms with van der Waals surface area (Å²) in [5.74, 6) is -0.195. The minimum atomic E-state index is -0.751. The summed E-state index contributed by atoms with van der Waals surface area (Å²) in [7, 11) is 0. The Morgan fingerprint density at radius 1 is 0.550 bits per heavy atom. The average Bonchev–Trinajstić information content (AvgIpc) is 2.87. The van der Waals surface area contributed by atoms with E-state index in [1.165, 1.54) is 48.5 Å². The molecule has 2 aromatic rings. The van der Waals surface area contributed by atoms with Crippen molar-refractivity contribution in [1.82, 2.24) is 10.6 Å². The quantitative estimate of drug-likeness (QED) is 0.0928. The fourth-order valence-corrected chi connectivity index (χ4v) is 3.66. The number of amidine groups is 2. The molecule has 2 rings (SSSR count). The SMILES string of the molecule is Cl.Cl.N=C(CCCCCCCCCCCCC(=N)NC(=O)Oc1ccc(F)cc1)NC(=O)Oc1ccc(F)cc1. The highest BCUT2D eigenvalue weighted by Crippen LogP contribution is 2.14. The number of carbonyl (C=O) groups excluding carboxylic acids is 2. The maximum absolute atomic E-state index is 12.9. The molecule has 0 aliphatic heterocycles. The molecule has 0 heterocycles. The van der Waals surface area contributed by atoms with E-state index in [-0.39, 0.29) is 48.0 Å². The van der Waals surface area contributed by atoms with Gasteiger partial charge in [0, 0.05) is 12.8 Å². The number of rotatable bonds is 15. The molecule has 12 heteroatoms. The van der Waals surface area contributed by atoms with E-state index in [2.05, 4.69) is 10.6 Å². The van der Waals surface area contributed by atoms with Gasteiger partial charge in [0.25, 0.3) is 0 Å². The summed E-state index contributed by atoms with van der Waals surface area (Å²) in [4.78, 5) is 23.5. The molecule has 8 nitrogen and oxygen atoms in total. The number of halogens is 4. The van der Waals surface area contributed by atoms with E-state index in [0.717, 1.165) is 64.2 Å². The van der Waals surface area contributed by atoms with Crippen molar-refractivity contribution in [3.8, 4) is 11.5 Å². The first kappa shape index (κ1) is 36.8. The van der Waals surface area contributed by atoms with E-state index in [9.17, 15) is 18.4 Å². The molecule has 0 aliphatic rings. The molecule has 40 heavy (non-hydrogen) atoms. The van der Waals surface area contributed by atoms with Crippen LogP contribution in [0.25, 0.3) is 0 Å². The average molecular weight is 604 g/mol. The third kappa shape index (κ3) is 17.4. The van der Waals surface area contributed by atoms with Crippen molar-refractivity contribution in [3.63, 3.8) is 0 Å². The second-order valence-corrected chi connectivity index (χ2v) is 8.93. The van der Waals surface area contributed by atoms with E-state index in [4.69, 9.17) is 20.3 Å². The monoisotopic (exact) mass is 602 g/mol.